The normalized spacial score (nSPS) is 12.5. The van der Waals surface area contributed by atoms with Crippen molar-refractivity contribution in [3.05, 3.63) is 75.6 Å². The van der Waals surface area contributed by atoms with E-state index in [1.165, 1.54) is 8.96 Å². The minimum absolute atomic E-state index is 0.147. The Balaban J connectivity index is 2.17. The largest absolute Gasteiger partial charge is 0.320 e. The van der Waals surface area contributed by atoms with Crippen LogP contribution in [0.15, 0.2) is 60.9 Å². The van der Waals surface area contributed by atoms with Crippen LogP contribution in [-0.4, -0.2) is 4.98 Å². The van der Waals surface area contributed by atoms with E-state index in [1.54, 1.807) is 0 Å². The third-order valence-electron chi connectivity index (χ3n) is 3.27. The lowest BCUT2D eigenvalue weighted by Crippen LogP contribution is -2.14. The Morgan fingerprint density at radius 3 is 2.47 bits per heavy atom. The molecule has 1 heterocycles. The number of hydrogen-bond donors (Lipinski definition) is 1. The minimum Gasteiger partial charge on any atom is -0.320 e. The van der Waals surface area contributed by atoms with Gasteiger partial charge in [-0.1, -0.05) is 42.5 Å². The van der Waals surface area contributed by atoms with Crippen LogP contribution < -0.4 is 5.73 Å². The van der Waals surface area contributed by atoms with Gasteiger partial charge < -0.3 is 5.73 Å². The maximum atomic E-state index is 6.44. The fourth-order valence-corrected chi connectivity index (χ4v) is 3.01. The van der Waals surface area contributed by atoms with Crippen LogP contribution in [-0.2, 0) is 0 Å². The van der Waals surface area contributed by atoms with Gasteiger partial charge in [0.2, 0.25) is 0 Å². The Hall–Kier alpha value is -1.46. The van der Waals surface area contributed by atoms with E-state index in [1.807, 2.05) is 36.7 Å². The number of hydrogen-bond acceptors (Lipinski definition) is 2. The van der Waals surface area contributed by atoms with Crippen LogP contribution >= 0.6 is 22.6 Å². The Labute approximate surface area is 125 Å². The van der Waals surface area contributed by atoms with Crippen LogP contribution in [0.3, 0.4) is 0 Å². The van der Waals surface area contributed by atoms with Gasteiger partial charge in [-0.2, -0.15) is 0 Å². The Morgan fingerprint density at radius 1 is 0.895 bits per heavy atom. The Morgan fingerprint density at radius 2 is 1.63 bits per heavy atom. The van der Waals surface area contributed by atoms with Gasteiger partial charge in [-0.15, -0.1) is 0 Å². The smallest absolute Gasteiger partial charge is 0.0583 e. The maximum Gasteiger partial charge on any atom is 0.0583 e. The summed E-state index contributed by atoms with van der Waals surface area (Å²) in [5, 5.41) is 2.30. The van der Waals surface area contributed by atoms with Crippen molar-refractivity contribution in [2.75, 3.05) is 0 Å². The molecule has 0 saturated heterocycles. The molecule has 0 radical (unpaired) electrons. The number of benzene rings is 2. The molecule has 94 valence electrons. The Bertz CT molecular complexity index is 719. The van der Waals surface area contributed by atoms with Crippen molar-refractivity contribution in [2.45, 2.75) is 6.04 Å². The predicted molar refractivity (Wildman–Crippen MR) is 86.9 cm³/mol. The lowest BCUT2D eigenvalue weighted by atomic mass is 9.96. The van der Waals surface area contributed by atoms with E-state index in [0.717, 1.165) is 16.5 Å². The SMILES string of the molecule is NC(c1ccccc1I)c1cncc2ccccc12. The molecule has 3 aromatic rings. The molecule has 0 spiro atoms. The number of halogens is 1. The van der Waals surface area contributed by atoms with Crippen molar-refractivity contribution in [1.82, 2.24) is 4.98 Å². The summed E-state index contributed by atoms with van der Waals surface area (Å²) in [6, 6.07) is 16.3. The van der Waals surface area contributed by atoms with E-state index in [9.17, 15) is 0 Å². The molecule has 1 unspecified atom stereocenters. The second-order valence-electron chi connectivity index (χ2n) is 4.45. The molecule has 2 N–H and O–H groups in total. The van der Waals surface area contributed by atoms with Crippen LogP contribution in [0.4, 0.5) is 0 Å². The second kappa shape index (κ2) is 5.27. The van der Waals surface area contributed by atoms with Crippen molar-refractivity contribution < 1.29 is 0 Å². The quantitative estimate of drug-likeness (QED) is 0.705. The fourth-order valence-electron chi connectivity index (χ4n) is 2.28. The molecule has 3 heteroatoms. The van der Waals surface area contributed by atoms with E-state index in [4.69, 9.17) is 5.73 Å². The van der Waals surface area contributed by atoms with Crippen LogP contribution in [0.5, 0.6) is 0 Å². The van der Waals surface area contributed by atoms with E-state index in [-0.39, 0.29) is 6.04 Å². The molecule has 19 heavy (non-hydrogen) atoms. The first-order valence-corrected chi connectivity index (χ1v) is 7.18. The van der Waals surface area contributed by atoms with Gasteiger partial charge in [-0.05, 0) is 45.2 Å². The second-order valence-corrected chi connectivity index (χ2v) is 5.61. The van der Waals surface area contributed by atoms with Gasteiger partial charge in [0.15, 0.2) is 0 Å². The first-order valence-electron chi connectivity index (χ1n) is 6.10. The van der Waals surface area contributed by atoms with E-state index in [0.29, 0.717) is 0 Å². The molecule has 3 rings (SSSR count). The summed E-state index contributed by atoms with van der Waals surface area (Å²) < 4.78 is 1.18. The summed E-state index contributed by atoms with van der Waals surface area (Å²) in [4.78, 5) is 4.31. The van der Waals surface area contributed by atoms with Crippen molar-refractivity contribution in [3.63, 3.8) is 0 Å². The third-order valence-corrected chi connectivity index (χ3v) is 4.26. The fraction of sp³-hybridized carbons (Fsp3) is 0.0625. The monoisotopic (exact) mass is 360 g/mol. The van der Waals surface area contributed by atoms with Gasteiger partial charge in [0.05, 0.1) is 6.04 Å². The molecule has 0 bridgehead atoms. The predicted octanol–water partition coefficient (Wildman–Crippen LogP) is 3.89. The molecule has 0 saturated carbocycles. The molecular formula is C16H13IN2. The maximum absolute atomic E-state index is 6.44. The molecule has 2 aromatic carbocycles. The molecular weight excluding hydrogens is 347 g/mol. The van der Waals surface area contributed by atoms with Crippen LogP contribution in [0.1, 0.15) is 17.2 Å². The minimum atomic E-state index is -0.147. The topological polar surface area (TPSA) is 38.9 Å². The zero-order chi connectivity index (χ0) is 13.2. The van der Waals surface area contributed by atoms with Crippen LogP contribution in [0.2, 0.25) is 0 Å². The van der Waals surface area contributed by atoms with Gasteiger partial charge in [0.1, 0.15) is 0 Å². The average molecular weight is 360 g/mol. The molecule has 0 aliphatic heterocycles. The standard InChI is InChI=1S/C16H13IN2/c17-15-8-4-3-7-13(15)16(18)14-10-19-9-11-5-1-2-6-12(11)14/h1-10,16H,18H2. The first-order chi connectivity index (χ1) is 9.27. The number of nitrogens with two attached hydrogens (primary N) is 1. The number of pyridine rings is 1. The zero-order valence-corrected chi connectivity index (χ0v) is 12.4. The highest BCUT2D eigenvalue weighted by molar-refractivity contribution is 14.1. The van der Waals surface area contributed by atoms with Gasteiger partial charge in [0, 0.05) is 21.4 Å². The van der Waals surface area contributed by atoms with Gasteiger partial charge in [-0.25, -0.2) is 0 Å². The highest BCUT2D eigenvalue weighted by Gasteiger charge is 2.14. The highest BCUT2D eigenvalue weighted by atomic mass is 127. The van der Waals surface area contributed by atoms with Crippen molar-refractivity contribution in [1.29, 1.82) is 0 Å². The first kappa shape index (κ1) is 12.6. The van der Waals surface area contributed by atoms with Crippen LogP contribution in [0, 0.1) is 3.57 Å². The summed E-state index contributed by atoms with van der Waals surface area (Å²) in [5.74, 6) is 0. The molecule has 1 atom stereocenters. The van der Waals surface area contributed by atoms with Crippen molar-refractivity contribution in [3.8, 4) is 0 Å². The molecule has 0 amide bonds. The lowest BCUT2D eigenvalue weighted by Gasteiger charge is -2.16. The van der Waals surface area contributed by atoms with E-state index in [2.05, 4.69) is 51.8 Å². The molecule has 2 nitrogen and oxygen atoms in total. The van der Waals surface area contributed by atoms with Gasteiger partial charge in [0.25, 0.3) is 0 Å². The third kappa shape index (κ3) is 2.35. The van der Waals surface area contributed by atoms with Gasteiger partial charge >= 0.3 is 0 Å². The summed E-state index contributed by atoms with van der Waals surface area (Å²) in [6.07, 6.45) is 3.75. The lowest BCUT2D eigenvalue weighted by molar-refractivity contribution is 0.867. The van der Waals surface area contributed by atoms with Crippen molar-refractivity contribution >= 4 is 33.4 Å². The summed E-state index contributed by atoms with van der Waals surface area (Å²) in [5.41, 5.74) is 8.65. The van der Waals surface area contributed by atoms with E-state index >= 15 is 0 Å². The van der Waals surface area contributed by atoms with Gasteiger partial charge in [-0.3, -0.25) is 4.98 Å². The average Bonchev–Trinajstić information content (AvgIpc) is 2.46. The van der Waals surface area contributed by atoms with Crippen molar-refractivity contribution in [2.24, 2.45) is 5.73 Å². The Kier molecular flexibility index (Phi) is 3.48. The molecule has 0 fully saturated rings. The zero-order valence-electron chi connectivity index (χ0n) is 10.3. The summed E-state index contributed by atoms with van der Waals surface area (Å²) in [6.45, 7) is 0. The molecule has 0 aliphatic rings. The number of fused-ring (bicyclic) bond motifs is 1. The summed E-state index contributed by atoms with van der Waals surface area (Å²) in [7, 11) is 0. The number of nitrogens with zero attached hydrogens (tertiary/aromatic N) is 1. The summed E-state index contributed by atoms with van der Waals surface area (Å²) >= 11 is 2.33. The number of rotatable bonds is 2. The highest BCUT2D eigenvalue weighted by Crippen LogP contribution is 2.28. The molecule has 1 aromatic heterocycles. The van der Waals surface area contributed by atoms with Crippen LogP contribution in [0.25, 0.3) is 10.8 Å². The number of aromatic nitrogens is 1. The van der Waals surface area contributed by atoms with E-state index < -0.39 is 0 Å². The molecule has 0 aliphatic carbocycles.